The average molecular weight is 290 g/mol. The summed E-state index contributed by atoms with van der Waals surface area (Å²) in [5, 5.41) is 5.23. The summed E-state index contributed by atoms with van der Waals surface area (Å²) < 4.78 is 43.8. The van der Waals surface area contributed by atoms with Crippen LogP contribution in [0.15, 0.2) is 18.2 Å². The van der Waals surface area contributed by atoms with E-state index in [9.17, 15) is 18.0 Å². The lowest BCUT2D eigenvalue weighted by atomic mass is 10.1. The van der Waals surface area contributed by atoms with Gasteiger partial charge in [-0.25, -0.2) is 0 Å². The van der Waals surface area contributed by atoms with Gasteiger partial charge in [0.05, 0.1) is 5.56 Å². The van der Waals surface area contributed by atoms with Crippen molar-refractivity contribution in [2.75, 3.05) is 20.2 Å². The number of nitrogens with one attached hydrogen (secondary N) is 2. The molecule has 1 aromatic rings. The zero-order chi connectivity index (χ0) is 15.2. The monoisotopic (exact) mass is 290 g/mol. The molecular weight excluding hydrogens is 273 g/mol. The topological polar surface area (TPSA) is 50.4 Å². The van der Waals surface area contributed by atoms with Crippen molar-refractivity contribution in [3.63, 3.8) is 0 Å². The lowest BCUT2D eigenvalue weighted by Gasteiger charge is -2.15. The maximum absolute atomic E-state index is 12.9. The smallest absolute Gasteiger partial charge is 0.419 e. The highest BCUT2D eigenvalue weighted by atomic mass is 19.4. The van der Waals surface area contributed by atoms with E-state index in [4.69, 9.17) is 4.74 Å². The summed E-state index contributed by atoms with van der Waals surface area (Å²) in [6.45, 7) is 1.99. The molecule has 0 saturated carbocycles. The van der Waals surface area contributed by atoms with Crippen molar-refractivity contribution < 1.29 is 22.7 Å². The third-order valence-electron chi connectivity index (χ3n) is 2.46. The van der Waals surface area contributed by atoms with E-state index in [0.717, 1.165) is 6.07 Å². The second-order valence-corrected chi connectivity index (χ2v) is 4.10. The van der Waals surface area contributed by atoms with Gasteiger partial charge in [-0.05, 0) is 31.7 Å². The Balaban J connectivity index is 2.91. The first kappa shape index (κ1) is 16.3. The summed E-state index contributed by atoms with van der Waals surface area (Å²) >= 11 is 0. The number of hydrogen-bond donors (Lipinski definition) is 2. The van der Waals surface area contributed by atoms with Gasteiger partial charge in [-0.2, -0.15) is 13.2 Å². The fourth-order valence-corrected chi connectivity index (χ4v) is 1.63. The van der Waals surface area contributed by atoms with Gasteiger partial charge in [0, 0.05) is 13.1 Å². The first-order chi connectivity index (χ1) is 9.38. The van der Waals surface area contributed by atoms with Crippen LogP contribution < -0.4 is 15.4 Å². The number of ether oxygens (including phenoxy) is 1. The molecule has 1 aromatic carbocycles. The van der Waals surface area contributed by atoms with Crippen molar-refractivity contribution >= 4 is 5.91 Å². The molecular formula is C13H17F3N2O2. The normalized spacial score (nSPS) is 11.2. The second kappa shape index (κ2) is 7.14. The van der Waals surface area contributed by atoms with Crippen molar-refractivity contribution in [1.29, 1.82) is 0 Å². The Morgan fingerprint density at radius 1 is 1.35 bits per heavy atom. The van der Waals surface area contributed by atoms with Gasteiger partial charge in [-0.15, -0.1) is 0 Å². The highest BCUT2D eigenvalue weighted by Gasteiger charge is 2.34. The van der Waals surface area contributed by atoms with Gasteiger partial charge in [0.15, 0.2) is 6.61 Å². The molecule has 4 nitrogen and oxygen atoms in total. The Bertz CT molecular complexity index is 461. The van der Waals surface area contributed by atoms with E-state index >= 15 is 0 Å². The molecule has 0 atom stereocenters. The molecule has 112 valence electrons. The van der Waals surface area contributed by atoms with Crippen LogP contribution in [0.4, 0.5) is 13.2 Å². The van der Waals surface area contributed by atoms with Crippen LogP contribution in [0, 0.1) is 0 Å². The molecule has 2 N–H and O–H groups in total. The van der Waals surface area contributed by atoms with Crippen LogP contribution in [0.1, 0.15) is 18.1 Å². The van der Waals surface area contributed by atoms with Crippen molar-refractivity contribution in [1.82, 2.24) is 10.6 Å². The van der Waals surface area contributed by atoms with E-state index in [2.05, 4.69) is 10.6 Å². The van der Waals surface area contributed by atoms with E-state index in [-0.39, 0.29) is 5.75 Å². The zero-order valence-corrected chi connectivity index (χ0v) is 11.3. The molecule has 0 radical (unpaired) electrons. The van der Waals surface area contributed by atoms with Gasteiger partial charge in [0.25, 0.3) is 5.91 Å². The van der Waals surface area contributed by atoms with Crippen LogP contribution in [0.3, 0.4) is 0 Å². The largest absolute Gasteiger partial charge is 0.483 e. The molecule has 1 rings (SSSR count). The van der Waals surface area contributed by atoms with Gasteiger partial charge in [0.1, 0.15) is 5.75 Å². The Hall–Kier alpha value is -1.76. The standard InChI is InChI=1S/C13H17F3N2O2/c1-3-18-12(19)8-20-11-5-4-9(7-17-2)6-10(11)13(14,15)16/h4-6,17H,3,7-8H2,1-2H3,(H,18,19). The molecule has 0 aromatic heterocycles. The maximum atomic E-state index is 12.9. The van der Waals surface area contributed by atoms with E-state index in [1.165, 1.54) is 12.1 Å². The zero-order valence-electron chi connectivity index (χ0n) is 11.3. The number of amides is 1. The quantitative estimate of drug-likeness (QED) is 0.842. The Morgan fingerprint density at radius 3 is 2.60 bits per heavy atom. The predicted molar refractivity (Wildman–Crippen MR) is 68.4 cm³/mol. The summed E-state index contributed by atoms with van der Waals surface area (Å²) in [6, 6.07) is 3.77. The number of carbonyl (C=O) groups is 1. The van der Waals surface area contributed by atoms with Crippen LogP contribution in [0.2, 0.25) is 0 Å². The summed E-state index contributed by atoms with van der Waals surface area (Å²) in [7, 11) is 1.65. The summed E-state index contributed by atoms with van der Waals surface area (Å²) in [5.41, 5.74) is -0.389. The van der Waals surface area contributed by atoms with E-state index < -0.39 is 24.3 Å². The van der Waals surface area contributed by atoms with Gasteiger partial charge >= 0.3 is 6.18 Å². The predicted octanol–water partition coefficient (Wildman–Crippen LogP) is 1.94. The minimum absolute atomic E-state index is 0.319. The Morgan fingerprint density at radius 2 is 2.05 bits per heavy atom. The minimum atomic E-state index is -4.53. The van der Waals surface area contributed by atoms with Crippen molar-refractivity contribution in [2.24, 2.45) is 0 Å². The van der Waals surface area contributed by atoms with Crippen LogP contribution in [-0.4, -0.2) is 26.1 Å². The number of halogens is 3. The number of carbonyl (C=O) groups excluding carboxylic acids is 1. The maximum Gasteiger partial charge on any atom is 0.419 e. The molecule has 0 saturated heterocycles. The Labute approximate surface area is 115 Å². The molecule has 0 heterocycles. The third-order valence-corrected chi connectivity index (χ3v) is 2.46. The molecule has 0 unspecified atom stereocenters. The van der Waals surface area contributed by atoms with Crippen molar-refractivity contribution in [3.8, 4) is 5.75 Å². The highest BCUT2D eigenvalue weighted by Crippen LogP contribution is 2.36. The van der Waals surface area contributed by atoms with Gasteiger partial charge in [0.2, 0.25) is 0 Å². The average Bonchev–Trinajstić information content (AvgIpc) is 2.37. The molecule has 1 amide bonds. The van der Waals surface area contributed by atoms with Crippen LogP contribution in [0.5, 0.6) is 5.75 Å². The fraction of sp³-hybridized carbons (Fsp3) is 0.462. The lowest BCUT2D eigenvalue weighted by Crippen LogP contribution is -2.28. The molecule has 0 aliphatic carbocycles. The van der Waals surface area contributed by atoms with Crippen molar-refractivity contribution in [3.05, 3.63) is 29.3 Å². The molecule has 0 fully saturated rings. The van der Waals surface area contributed by atoms with E-state index in [0.29, 0.717) is 18.7 Å². The SMILES string of the molecule is CCNC(=O)COc1ccc(CNC)cc1C(F)(F)F. The van der Waals surface area contributed by atoms with E-state index in [1.54, 1.807) is 14.0 Å². The summed E-state index contributed by atoms with van der Waals surface area (Å²) in [4.78, 5) is 11.2. The number of likely N-dealkylation sites (N-methyl/N-ethyl adjacent to an activating group) is 1. The summed E-state index contributed by atoms with van der Waals surface area (Å²) in [5.74, 6) is -0.802. The molecule has 0 aliphatic heterocycles. The molecule has 20 heavy (non-hydrogen) atoms. The number of alkyl halides is 3. The first-order valence-electron chi connectivity index (χ1n) is 6.12. The number of hydrogen-bond acceptors (Lipinski definition) is 3. The Kier molecular flexibility index (Phi) is 5.82. The molecule has 0 bridgehead atoms. The lowest BCUT2D eigenvalue weighted by molar-refractivity contribution is -0.139. The highest BCUT2D eigenvalue weighted by molar-refractivity contribution is 5.77. The molecule has 0 aliphatic rings. The van der Waals surface area contributed by atoms with Gasteiger partial charge < -0.3 is 15.4 Å². The summed E-state index contributed by atoms with van der Waals surface area (Å²) in [6.07, 6.45) is -4.53. The fourth-order valence-electron chi connectivity index (χ4n) is 1.63. The van der Waals surface area contributed by atoms with Gasteiger partial charge in [-0.1, -0.05) is 6.07 Å². The van der Waals surface area contributed by atoms with Crippen LogP contribution in [0.25, 0.3) is 0 Å². The molecule has 0 spiro atoms. The van der Waals surface area contributed by atoms with E-state index in [1.807, 2.05) is 0 Å². The minimum Gasteiger partial charge on any atom is -0.483 e. The second-order valence-electron chi connectivity index (χ2n) is 4.10. The van der Waals surface area contributed by atoms with Gasteiger partial charge in [-0.3, -0.25) is 4.79 Å². The van der Waals surface area contributed by atoms with Crippen LogP contribution >= 0.6 is 0 Å². The molecule has 7 heteroatoms. The van der Waals surface area contributed by atoms with Crippen LogP contribution in [-0.2, 0) is 17.5 Å². The number of rotatable bonds is 6. The third kappa shape index (κ3) is 4.73. The number of benzene rings is 1. The van der Waals surface area contributed by atoms with Crippen molar-refractivity contribution in [2.45, 2.75) is 19.6 Å². The first-order valence-corrected chi connectivity index (χ1v) is 6.12.